The Morgan fingerprint density at radius 1 is 1.24 bits per heavy atom. The smallest absolute Gasteiger partial charge is 0.406 e. The van der Waals surface area contributed by atoms with Crippen LogP contribution in [0.15, 0.2) is 33.3 Å². The van der Waals surface area contributed by atoms with Crippen molar-refractivity contribution in [2.45, 2.75) is 26.8 Å². The molecule has 3 rings (SSSR count). The van der Waals surface area contributed by atoms with Crippen LogP contribution in [-0.4, -0.2) is 26.3 Å². The monoisotopic (exact) mass is 416 g/mol. The first-order valence-corrected chi connectivity index (χ1v) is 8.01. The maximum Gasteiger partial charge on any atom is 0.573 e. The molecular weight excluding hydrogens is 405 g/mol. The van der Waals surface area contributed by atoms with E-state index in [1.807, 2.05) is 13.8 Å². The standard InChI is InChI=1S/C15H12BrF3N4O2/c1-3-23-12(11(16)8(2)21-23)14-20-13(22-25-14)9-4-6-10(7-5-9)24-15(17,18)19/h4-7H,3H2,1-2H3. The quantitative estimate of drug-likeness (QED) is 0.622. The van der Waals surface area contributed by atoms with E-state index in [1.165, 1.54) is 24.3 Å². The topological polar surface area (TPSA) is 66.0 Å². The summed E-state index contributed by atoms with van der Waals surface area (Å²) in [6.45, 7) is 4.39. The van der Waals surface area contributed by atoms with Gasteiger partial charge in [-0.15, -0.1) is 13.2 Å². The Morgan fingerprint density at radius 2 is 1.92 bits per heavy atom. The van der Waals surface area contributed by atoms with Gasteiger partial charge in [0.2, 0.25) is 5.82 Å². The van der Waals surface area contributed by atoms with Crippen LogP contribution in [0.3, 0.4) is 0 Å². The van der Waals surface area contributed by atoms with Crippen LogP contribution < -0.4 is 4.74 Å². The highest BCUT2D eigenvalue weighted by molar-refractivity contribution is 9.10. The molecule has 0 fully saturated rings. The van der Waals surface area contributed by atoms with Gasteiger partial charge >= 0.3 is 6.36 Å². The van der Waals surface area contributed by atoms with Crippen LogP contribution in [0, 0.1) is 6.92 Å². The SMILES string of the molecule is CCn1nc(C)c(Br)c1-c1nc(-c2ccc(OC(F)(F)F)cc2)no1. The third kappa shape index (κ3) is 3.68. The molecule has 0 amide bonds. The normalized spacial score (nSPS) is 11.8. The number of ether oxygens (including phenoxy) is 1. The minimum atomic E-state index is -4.73. The van der Waals surface area contributed by atoms with Crippen molar-refractivity contribution < 1.29 is 22.4 Å². The van der Waals surface area contributed by atoms with E-state index in [4.69, 9.17) is 4.52 Å². The molecule has 0 aliphatic carbocycles. The summed E-state index contributed by atoms with van der Waals surface area (Å²) in [5.41, 5.74) is 1.93. The summed E-state index contributed by atoms with van der Waals surface area (Å²) in [6, 6.07) is 5.23. The number of hydrogen-bond acceptors (Lipinski definition) is 5. The molecule has 0 spiro atoms. The number of alkyl halides is 3. The van der Waals surface area contributed by atoms with Gasteiger partial charge in [0.25, 0.3) is 5.89 Å². The number of aryl methyl sites for hydroxylation is 2. The van der Waals surface area contributed by atoms with Crippen molar-refractivity contribution in [3.63, 3.8) is 0 Å². The lowest BCUT2D eigenvalue weighted by Crippen LogP contribution is -2.16. The van der Waals surface area contributed by atoms with Gasteiger partial charge in [-0.25, -0.2) is 0 Å². The predicted molar refractivity (Wildman–Crippen MR) is 85.7 cm³/mol. The highest BCUT2D eigenvalue weighted by atomic mass is 79.9. The average molecular weight is 417 g/mol. The average Bonchev–Trinajstić information content (AvgIpc) is 3.12. The molecule has 0 atom stereocenters. The molecule has 0 bridgehead atoms. The molecule has 0 aliphatic heterocycles. The van der Waals surface area contributed by atoms with Crippen LogP contribution in [0.1, 0.15) is 12.6 Å². The van der Waals surface area contributed by atoms with Crippen molar-refractivity contribution in [3.8, 4) is 28.7 Å². The summed E-state index contributed by atoms with van der Waals surface area (Å²) in [5.74, 6) is 0.198. The van der Waals surface area contributed by atoms with Crippen molar-refractivity contribution in [2.75, 3.05) is 0 Å². The van der Waals surface area contributed by atoms with Crippen molar-refractivity contribution in [1.82, 2.24) is 19.9 Å². The van der Waals surface area contributed by atoms with Gasteiger partial charge in [0.05, 0.1) is 10.2 Å². The summed E-state index contributed by atoms with van der Waals surface area (Å²) in [5, 5.41) is 8.23. The molecule has 3 aromatic rings. The minimum absolute atomic E-state index is 0.252. The zero-order valence-corrected chi connectivity index (χ0v) is 14.7. The van der Waals surface area contributed by atoms with E-state index in [9.17, 15) is 13.2 Å². The molecule has 0 radical (unpaired) electrons. The molecular formula is C15H12BrF3N4O2. The van der Waals surface area contributed by atoms with E-state index in [1.54, 1.807) is 4.68 Å². The number of nitrogens with zero attached hydrogens (tertiary/aromatic N) is 4. The van der Waals surface area contributed by atoms with Crippen molar-refractivity contribution in [2.24, 2.45) is 0 Å². The van der Waals surface area contributed by atoms with Gasteiger partial charge in [0.15, 0.2) is 0 Å². The van der Waals surface area contributed by atoms with E-state index in [-0.39, 0.29) is 17.5 Å². The molecule has 0 saturated carbocycles. The first-order chi connectivity index (χ1) is 11.8. The first kappa shape index (κ1) is 17.5. The van der Waals surface area contributed by atoms with Crippen LogP contribution in [0.4, 0.5) is 13.2 Å². The van der Waals surface area contributed by atoms with Gasteiger partial charge < -0.3 is 9.26 Å². The van der Waals surface area contributed by atoms with E-state index in [2.05, 4.69) is 35.9 Å². The minimum Gasteiger partial charge on any atom is -0.406 e. The van der Waals surface area contributed by atoms with Gasteiger partial charge in [0, 0.05) is 12.1 Å². The third-order valence-corrected chi connectivity index (χ3v) is 4.28. The predicted octanol–water partition coefficient (Wildman–Crippen LogP) is 4.59. The number of hydrogen-bond donors (Lipinski definition) is 0. The molecule has 0 saturated heterocycles. The molecule has 25 heavy (non-hydrogen) atoms. The zero-order chi connectivity index (χ0) is 18.2. The summed E-state index contributed by atoms with van der Waals surface area (Å²) in [7, 11) is 0. The Morgan fingerprint density at radius 3 is 2.52 bits per heavy atom. The van der Waals surface area contributed by atoms with E-state index in [0.717, 1.165) is 10.2 Å². The molecule has 1 aromatic carbocycles. The molecule has 0 N–H and O–H groups in total. The fourth-order valence-corrected chi connectivity index (χ4v) is 2.69. The number of benzene rings is 1. The van der Waals surface area contributed by atoms with Gasteiger partial charge in [-0.1, -0.05) is 5.16 Å². The second-order valence-electron chi connectivity index (χ2n) is 5.06. The van der Waals surface area contributed by atoms with Crippen LogP contribution in [0.25, 0.3) is 23.0 Å². The molecule has 2 aromatic heterocycles. The highest BCUT2D eigenvalue weighted by Crippen LogP contribution is 2.32. The Hall–Kier alpha value is -2.36. The summed E-state index contributed by atoms with van der Waals surface area (Å²) < 4.78 is 48.2. The fraction of sp³-hybridized carbons (Fsp3) is 0.267. The second kappa shape index (κ2) is 6.51. The van der Waals surface area contributed by atoms with Gasteiger partial charge in [0.1, 0.15) is 11.4 Å². The second-order valence-corrected chi connectivity index (χ2v) is 5.85. The molecule has 10 heteroatoms. The number of aromatic nitrogens is 4. The lowest BCUT2D eigenvalue weighted by molar-refractivity contribution is -0.274. The number of rotatable bonds is 4. The Bertz CT molecular complexity index is 887. The Labute approximate surface area is 148 Å². The van der Waals surface area contributed by atoms with Crippen molar-refractivity contribution in [1.29, 1.82) is 0 Å². The molecule has 6 nitrogen and oxygen atoms in total. The van der Waals surface area contributed by atoms with Crippen LogP contribution in [0.5, 0.6) is 5.75 Å². The Kier molecular flexibility index (Phi) is 4.55. The van der Waals surface area contributed by atoms with E-state index >= 15 is 0 Å². The van der Waals surface area contributed by atoms with Crippen LogP contribution >= 0.6 is 15.9 Å². The van der Waals surface area contributed by atoms with Crippen LogP contribution in [-0.2, 0) is 6.54 Å². The van der Waals surface area contributed by atoms with Gasteiger partial charge in [-0.05, 0) is 54.0 Å². The molecule has 2 heterocycles. The highest BCUT2D eigenvalue weighted by Gasteiger charge is 2.31. The lowest BCUT2D eigenvalue weighted by Gasteiger charge is -2.08. The van der Waals surface area contributed by atoms with E-state index in [0.29, 0.717) is 17.8 Å². The van der Waals surface area contributed by atoms with Crippen LogP contribution in [0.2, 0.25) is 0 Å². The first-order valence-electron chi connectivity index (χ1n) is 7.21. The summed E-state index contributed by atoms with van der Waals surface area (Å²) in [4.78, 5) is 4.31. The third-order valence-electron chi connectivity index (χ3n) is 3.33. The van der Waals surface area contributed by atoms with Crippen molar-refractivity contribution >= 4 is 15.9 Å². The molecule has 0 unspecified atom stereocenters. The summed E-state index contributed by atoms with van der Waals surface area (Å²) in [6.07, 6.45) is -4.73. The largest absolute Gasteiger partial charge is 0.573 e. The zero-order valence-electron chi connectivity index (χ0n) is 13.1. The van der Waals surface area contributed by atoms with Crippen molar-refractivity contribution in [3.05, 3.63) is 34.4 Å². The van der Waals surface area contributed by atoms with Gasteiger partial charge in [-0.2, -0.15) is 10.1 Å². The lowest BCUT2D eigenvalue weighted by atomic mass is 10.2. The number of halogens is 4. The van der Waals surface area contributed by atoms with E-state index < -0.39 is 6.36 Å². The maximum absolute atomic E-state index is 12.2. The molecule has 0 aliphatic rings. The van der Waals surface area contributed by atoms with Gasteiger partial charge in [-0.3, -0.25) is 4.68 Å². The summed E-state index contributed by atoms with van der Waals surface area (Å²) >= 11 is 3.45. The molecule has 132 valence electrons. The Balaban J connectivity index is 1.89. The fourth-order valence-electron chi connectivity index (χ4n) is 2.24. The maximum atomic E-state index is 12.2.